The lowest BCUT2D eigenvalue weighted by Crippen LogP contribution is -2.35. The molecule has 46 heavy (non-hydrogen) atoms. The van der Waals surface area contributed by atoms with Gasteiger partial charge < -0.3 is 10.6 Å². The fourth-order valence-electron chi connectivity index (χ4n) is 5.81. The van der Waals surface area contributed by atoms with E-state index >= 15 is 0 Å². The molecule has 0 heterocycles. The van der Waals surface area contributed by atoms with Crippen LogP contribution in [0.15, 0.2) is 194 Å². The van der Waals surface area contributed by atoms with E-state index in [0.717, 1.165) is 12.7 Å². The van der Waals surface area contributed by atoms with E-state index in [1.807, 2.05) is 0 Å². The lowest BCUT2D eigenvalue weighted by atomic mass is 9.93. The summed E-state index contributed by atoms with van der Waals surface area (Å²) >= 11 is 0. The van der Waals surface area contributed by atoms with Crippen LogP contribution in [0, 0.1) is 0 Å². The molecule has 0 aromatic heterocycles. The van der Waals surface area contributed by atoms with E-state index < -0.39 is 15.8 Å². The van der Waals surface area contributed by atoms with E-state index in [9.17, 15) is 0 Å². The van der Waals surface area contributed by atoms with Crippen LogP contribution in [-0.4, -0.2) is 12.7 Å². The number of benzene rings is 6. The van der Waals surface area contributed by atoms with Gasteiger partial charge in [-0.15, -0.1) is 0 Å². The predicted octanol–water partition coefficient (Wildman–Crippen LogP) is 8.39. The monoisotopic (exact) mass is 634 g/mol. The fourth-order valence-corrected chi connectivity index (χ4v) is 9.90. The quantitative estimate of drug-likeness (QED) is 0.118. The van der Waals surface area contributed by atoms with Gasteiger partial charge in [0.15, 0.2) is 0 Å². The molecule has 4 heteroatoms. The van der Waals surface area contributed by atoms with Gasteiger partial charge in [0.2, 0.25) is 0 Å². The molecule has 1 unspecified atom stereocenters. The van der Waals surface area contributed by atoms with Crippen LogP contribution in [0.5, 0.6) is 0 Å². The minimum atomic E-state index is -0.656. The van der Waals surface area contributed by atoms with Crippen molar-refractivity contribution >= 4 is 37.1 Å². The Bertz CT molecular complexity index is 1650. The highest BCUT2D eigenvalue weighted by atomic mass is 31.1. The summed E-state index contributed by atoms with van der Waals surface area (Å²) in [4.78, 5) is 0. The van der Waals surface area contributed by atoms with Gasteiger partial charge in [0.25, 0.3) is 0 Å². The van der Waals surface area contributed by atoms with E-state index in [4.69, 9.17) is 0 Å². The molecule has 0 fully saturated rings. The van der Waals surface area contributed by atoms with Gasteiger partial charge in [0, 0.05) is 6.54 Å². The maximum atomic E-state index is 4.03. The van der Waals surface area contributed by atoms with Crippen molar-refractivity contribution in [3.63, 3.8) is 0 Å². The Morgan fingerprint density at radius 2 is 0.804 bits per heavy atom. The molecule has 228 valence electrons. The number of hydrogen-bond acceptors (Lipinski definition) is 2. The Morgan fingerprint density at radius 3 is 1.24 bits per heavy atom. The van der Waals surface area contributed by atoms with E-state index in [2.05, 4.69) is 205 Å². The van der Waals surface area contributed by atoms with Gasteiger partial charge in [0.1, 0.15) is 0 Å². The summed E-state index contributed by atoms with van der Waals surface area (Å²) < 4.78 is 0. The van der Waals surface area contributed by atoms with Crippen molar-refractivity contribution in [1.82, 2.24) is 10.6 Å². The molecule has 2 nitrogen and oxygen atoms in total. The molecule has 0 spiro atoms. The van der Waals surface area contributed by atoms with Crippen LogP contribution >= 0.6 is 15.8 Å². The molecular weight excluding hydrogens is 594 g/mol. The van der Waals surface area contributed by atoms with Crippen LogP contribution in [-0.2, 0) is 0 Å². The fraction of sp³-hybridized carbons (Fsp3) is 0.0952. The maximum absolute atomic E-state index is 4.03. The third-order valence-corrected chi connectivity index (χ3v) is 12.7. The van der Waals surface area contributed by atoms with E-state index in [-0.39, 0.29) is 12.1 Å². The van der Waals surface area contributed by atoms with Crippen LogP contribution < -0.4 is 31.9 Å². The average molecular weight is 635 g/mol. The van der Waals surface area contributed by atoms with Crippen molar-refractivity contribution in [2.45, 2.75) is 12.1 Å². The highest BCUT2D eigenvalue weighted by Crippen LogP contribution is 2.36. The molecule has 0 aliphatic carbocycles. The summed E-state index contributed by atoms with van der Waals surface area (Å²) in [6.07, 6.45) is 3.25. The zero-order valence-corrected chi connectivity index (χ0v) is 27.7. The Labute approximate surface area is 276 Å². The van der Waals surface area contributed by atoms with Crippen molar-refractivity contribution in [2.24, 2.45) is 0 Å². The number of rotatable bonds is 14. The third kappa shape index (κ3) is 8.48. The molecule has 0 radical (unpaired) electrons. The zero-order chi connectivity index (χ0) is 31.2. The first-order valence-corrected chi connectivity index (χ1v) is 18.8. The highest BCUT2D eigenvalue weighted by molar-refractivity contribution is 7.75. The van der Waals surface area contributed by atoms with Gasteiger partial charge in [-0.1, -0.05) is 182 Å². The highest BCUT2D eigenvalue weighted by Gasteiger charge is 2.25. The van der Waals surface area contributed by atoms with Gasteiger partial charge in [-0.05, 0) is 66.4 Å². The van der Waals surface area contributed by atoms with E-state index in [1.54, 1.807) is 0 Å². The first-order valence-electron chi connectivity index (χ1n) is 15.9. The van der Waals surface area contributed by atoms with Gasteiger partial charge in [-0.25, -0.2) is 0 Å². The lowest BCUT2D eigenvalue weighted by Gasteiger charge is -2.31. The van der Waals surface area contributed by atoms with Crippen LogP contribution in [0.2, 0.25) is 0 Å². The summed E-state index contributed by atoms with van der Waals surface area (Å²) in [5, 5.41) is 13.4. The lowest BCUT2D eigenvalue weighted by molar-refractivity contribution is 0.426. The zero-order valence-electron chi connectivity index (χ0n) is 25.9. The summed E-state index contributed by atoms with van der Waals surface area (Å²) in [7, 11) is -1.15. The Morgan fingerprint density at radius 1 is 0.435 bits per heavy atom. The van der Waals surface area contributed by atoms with Gasteiger partial charge >= 0.3 is 0 Å². The van der Waals surface area contributed by atoms with Crippen molar-refractivity contribution in [2.75, 3.05) is 12.7 Å². The van der Waals surface area contributed by atoms with Gasteiger partial charge in [0.05, 0.1) is 12.1 Å². The molecule has 6 rings (SSSR count). The van der Waals surface area contributed by atoms with Crippen LogP contribution in [0.1, 0.15) is 23.2 Å². The molecule has 2 N–H and O–H groups in total. The minimum Gasteiger partial charge on any atom is -0.382 e. The van der Waals surface area contributed by atoms with Crippen molar-refractivity contribution < 1.29 is 0 Å². The number of nitrogens with one attached hydrogen (secondary N) is 2. The standard InChI is InChI=1S/C42H40N2P2/c1-7-19-35(20-8-1)41(43-31-33-45(37-23-11-3-12-24-37)38-25-13-4-14-26-38)42(36-21-9-2-10-22-36)44-32-34-46(39-27-15-5-16-28-39)40-29-17-6-18-30-40/h1-31,33,41-44H,32,34H2/b33-31-/t41?,42-/m0/s1. The van der Waals surface area contributed by atoms with Gasteiger partial charge in [-0.3, -0.25) is 0 Å². The van der Waals surface area contributed by atoms with E-state index in [0.29, 0.717) is 0 Å². The van der Waals surface area contributed by atoms with Crippen LogP contribution in [0.3, 0.4) is 0 Å². The molecule has 6 aromatic carbocycles. The first-order chi connectivity index (χ1) is 22.9. The average Bonchev–Trinajstić information content (AvgIpc) is 3.14. The Hall–Kier alpha value is -4.32. The second kappa shape index (κ2) is 16.8. The third-order valence-electron chi connectivity index (χ3n) is 8.05. The summed E-state index contributed by atoms with van der Waals surface area (Å²) in [5.41, 5.74) is 2.53. The SMILES string of the molecule is C(=C/P(c1ccccc1)c1ccccc1)/NC(c1ccccc1)[C@@H](NCCP(c1ccccc1)c1ccccc1)c1ccccc1. The van der Waals surface area contributed by atoms with Crippen LogP contribution in [0.4, 0.5) is 0 Å². The largest absolute Gasteiger partial charge is 0.382 e. The number of hydrogen-bond donors (Lipinski definition) is 2. The molecule has 0 aliphatic heterocycles. The van der Waals surface area contributed by atoms with Crippen molar-refractivity contribution in [1.29, 1.82) is 0 Å². The summed E-state index contributed by atoms with van der Waals surface area (Å²) in [5.74, 6) is 2.36. The molecular formula is C42H40N2P2. The normalized spacial score (nSPS) is 12.7. The summed E-state index contributed by atoms with van der Waals surface area (Å²) in [6.45, 7) is 0.893. The molecule has 0 aliphatic rings. The topological polar surface area (TPSA) is 24.1 Å². The predicted molar refractivity (Wildman–Crippen MR) is 202 cm³/mol. The minimum absolute atomic E-state index is 0.0305. The van der Waals surface area contributed by atoms with Gasteiger partial charge in [-0.2, -0.15) is 0 Å². The molecule has 0 amide bonds. The summed E-state index contributed by atoms with van der Waals surface area (Å²) in [6, 6.07) is 65.5. The second-order valence-electron chi connectivity index (χ2n) is 11.1. The molecule has 2 atom stereocenters. The van der Waals surface area contributed by atoms with Crippen LogP contribution in [0.25, 0.3) is 0 Å². The second-order valence-corrected chi connectivity index (χ2v) is 15.5. The Kier molecular flexibility index (Phi) is 11.6. The smallest absolute Gasteiger partial charge is 0.0703 e. The molecule has 0 saturated heterocycles. The first kappa shape index (κ1) is 31.7. The van der Waals surface area contributed by atoms with Crippen molar-refractivity contribution in [3.8, 4) is 0 Å². The maximum Gasteiger partial charge on any atom is 0.0703 e. The Balaban J connectivity index is 1.29. The molecule has 0 saturated carbocycles. The molecule has 6 aromatic rings. The van der Waals surface area contributed by atoms with E-state index in [1.165, 1.54) is 32.3 Å². The molecule has 0 bridgehead atoms. The van der Waals surface area contributed by atoms with Crippen molar-refractivity contribution in [3.05, 3.63) is 205 Å².